The van der Waals surface area contributed by atoms with E-state index in [4.69, 9.17) is 4.74 Å². The Morgan fingerprint density at radius 3 is 2.38 bits per heavy atom. The standard InChI is InChI=1S/C23H31N3O3/c1-23(2,3)18-7-10-20(11-8-18)29-16-13-24-21-17-19(9-12-22(21)26(27)28)25-14-5-4-6-15-25/h7-12,17,24H,4-6,13-16H2,1-3H3. The van der Waals surface area contributed by atoms with E-state index in [9.17, 15) is 10.1 Å². The van der Waals surface area contributed by atoms with Crippen LogP contribution in [-0.4, -0.2) is 31.2 Å². The molecule has 0 bridgehead atoms. The number of nitrogens with zero attached hydrogens (tertiary/aromatic N) is 2. The molecule has 1 aliphatic heterocycles. The first-order valence-corrected chi connectivity index (χ1v) is 10.4. The van der Waals surface area contributed by atoms with Crippen LogP contribution in [0, 0.1) is 10.1 Å². The molecule has 0 spiro atoms. The molecule has 6 heteroatoms. The lowest BCUT2D eigenvalue weighted by Crippen LogP contribution is -2.29. The van der Waals surface area contributed by atoms with E-state index >= 15 is 0 Å². The predicted molar refractivity (Wildman–Crippen MR) is 118 cm³/mol. The maximum absolute atomic E-state index is 11.4. The lowest BCUT2D eigenvalue weighted by atomic mass is 9.87. The van der Waals surface area contributed by atoms with Crippen molar-refractivity contribution < 1.29 is 9.66 Å². The number of rotatable bonds is 7. The predicted octanol–water partition coefficient (Wildman–Crippen LogP) is 5.37. The fraction of sp³-hybridized carbons (Fsp3) is 0.478. The third-order valence-electron chi connectivity index (χ3n) is 5.30. The van der Waals surface area contributed by atoms with Crippen molar-refractivity contribution in [3.05, 3.63) is 58.1 Å². The molecule has 1 saturated heterocycles. The molecule has 29 heavy (non-hydrogen) atoms. The summed E-state index contributed by atoms with van der Waals surface area (Å²) in [5.41, 5.74) is 3.05. The van der Waals surface area contributed by atoms with Gasteiger partial charge in [0.1, 0.15) is 18.0 Å². The van der Waals surface area contributed by atoms with Gasteiger partial charge in [-0.1, -0.05) is 32.9 Å². The van der Waals surface area contributed by atoms with Crippen LogP contribution in [0.4, 0.5) is 17.1 Å². The van der Waals surface area contributed by atoms with Crippen molar-refractivity contribution in [1.82, 2.24) is 0 Å². The van der Waals surface area contributed by atoms with Crippen LogP contribution in [0.1, 0.15) is 45.6 Å². The lowest BCUT2D eigenvalue weighted by molar-refractivity contribution is -0.383. The highest BCUT2D eigenvalue weighted by Crippen LogP contribution is 2.31. The first-order valence-electron chi connectivity index (χ1n) is 10.4. The Balaban J connectivity index is 1.59. The smallest absolute Gasteiger partial charge is 0.292 e. The minimum absolute atomic E-state index is 0.0975. The summed E-state index contributed by atoms with van der Waals surface area (Å²) < 4.78 is 5.80. The molecule has 0 aromatic heterocycles. The highest BCUT2D eigenvalue weighted by atomic mass is 16.6. The Morgan fingerprint density at radius 1 is 1.07 bits per heavy atom. The molecule has 0 unspecified atom stereocenters. The molecule has 0 aliphatic carbocycles. The molecule has 1 heterocycles. The molecule has 156 valence electrons. The van der Waals surface area contributed by atoms with E-state index in [1.54, 1.807) is 6.07 Å². The Kier molecular flexibility index (Phi) is 6.62. The minimum Gasteiger partial charge on any atom is -0.492 e. The summed E-state index contributed by atoms with van der Waals surface area (Å²) in [6, 6.07) is 13.4. The van der Waals surface area contributed by atoms with E-state index in [-0.39, 0.29) is 16.0 Å². The molecule has 6 nitrogen and oxygen atoms in total. The van der Waals surface area contributed by atoms with Gasteiger partial charge in [-0.2, -0.15) is 0 Å². The maximum Gasteiger partial charge on any atom is 0.292 e. The number of ether oxygens (including phenoxy) is 1. The van der Waals surface area contributed by atoms with Crippen molar-refractivity contribution in [2.45, 2.75) is 45.4 Å². The Morgan fingerprint density at radius 2 is 1.76 bits per heavy atom. The number of nitrogens with one attached hydrogen (secondary N) is 1. The average Bonchev–Trinajstić information content (AvgIpc) is 2.71. The molecular formula is C23H31N3O3. The molecule has 0 atom stereocenters. The van der Waals surface area contributed by atoms with Crippen molar-refractivity contribution in [3.63, 3.8) is 0 Å². The van der Waals surface area contributed by atoms with Gasteiger partial charge in [0.25, 0.3) is 5.69 Å². The first kappa shape index (κ1) is 21.0. The minimum atomic E-state index is -0.339. The number of hydrogen-bond acceptors (Lipinski definition) is 5. The summed E-state index contributed by atoms with van der Waals surface area (Å²) in [6.07, 6.45) is 3.59. The number of anilines is 2. The van der Waals surface area contributed by atoms with E-state index in [0.717, 1.165) is 24.5 Å². The van der Waals surface area contributed by atoms with Gasteiger partial charge >= 0.3 is 0 Å². The van der Waals surface area contributed by atoms with Gasteiger partial charge in [-0.3, -0.25) is 10.1 Å². The fourth-order valence-corrected chi connectivity index (χ4v) is 3.58. The molecule has 1 fully saturated rings. The van der Waals surface area contributed by atoms with E-state index in [1.165, 1.54) is 24.8 Å². The second-order valence-corrected chi connectivity index (χ2v) is 8.56. The highest BCUT2D eigenvalue weighted by Gasteiger charge is 2.18. The Labute approximate surface area is 173 Å². The Bertz CT molecular complexity index is 822. The average molecular weight is 398 g/mol. The summed E-state index contributed by atoms with van der Waals surface area (Å²) >= 11 is 0. The second kappa shape index (κ2) is 9.16. The van der Waals surface area contributed by atoms with Crippen molar-refractivity contribution in [1.29, 1.82) is 0 Å². The van der Waals surface area contributed by atoms with Gasteiger partial charge in [0, 0.05) is 31.4 Å². The normalized spacial score (nSPS) is 14.5. The van der Waals surface area contributed by atoms with E-state index in [1.807, 2.05) is 24.3 Å². The molecule has 0 amide bonds. The molecular weight excluding hydrogens is 366 g/mol. The highest BCUT2D eigenvalue weighted by molar-refractivity contribution is 5.69. The zero-order valence-corrected chi connectivity index (χ0v) is 17.6. The van der Waals surface area contributed by atoms with Crippen molar-refractivity contribution in [3.8, 4) is 5.75 Å². The van der Waals surface area contributed by atoms with Crippen LogP contribution < -0.4 is 15.0 Å². The second-order valence-electron chi connectivity index (χ2n) is 8.56. The van der Waals surface area contributed by atoms with Gasteiger partial charge in [-0.05, 0) is 54.5 Å². The monoisotopic (exact) mass is 397 g/mol. The first-order chi connectivity index (χ1) is 13.8. The van der Waals surface area contributed by atoms with Gasteiger partial charge in [0.2, 0.25) is 0 Å². The molecule has 1 aliphatic rings. The third-order valence-corrected chi connectivity index (χ3v) is 5.30. The molecule has 1 N–H and O–H groups in total. The van der Waals surface area contributed by atoms with E-state index < -0.39 is 0 Å². The topological polar surface area (TPSA) is 67.6 Å². The summed E-state index contributed by atoms with van der Waals surface area (Å²) in [6.45, 7) is 9.47. The zero-order valence-electron chi connectivity index (χ0n) is 17.6. The van der Waals surface area contributed by atoms with Crippen LogP contribution in [0.25, 0.3) is 0 Å². The maximum atomic E-state index is 11.4. The van der Waals surface area contributed by atoms with Crippen LogP contribution in [-0.2, 0) is 5.41 Å². The fourth-order valence-electron chi connectivity index (χ4n) is 3.58. The van der Waals surface area contributed by atoms with Crippen molar-refractivity contribution in [2.24, 2.45) is 0 Å². The number of piperidine rings is 1. The number of benzene rings is 2. The Hall–Kier alpha value is -2.76. The van der Waals surface area contributed by atoms with Crippen LogP contribution in [0.3, 0.4) is 0 Å². The zero-order chi connectivity index (χ0) is 20.9. The molecule has 2 aromatic carbocycles. The van der Waals surface area contributed by atoms with Gasteiger partial charge in [-0.15, -0.1) is 0 Å². The molecule has 2 aromatic rings. The van der Waals surface area contributed by atoms with Crippen LogP contribution >= 0.6 is 0 Å². The quantitative estimate of drug-likeness (QED) is 0.386. The van der Waals surface area contributed by atoms with Gasteiger partial charge < -0.3 is 15.0 Å². The number of nitro groups is 1. The van der Waals surface area contributed by atoms with Gasteiger partial charge in [0.05, 0.1) is 4.92 Å². The number of hydrogen-bond donors (Lipinski definition) is 1. The largest absolute Gasteiger partial charge is 0.492 e. The summed E-state index contributed by atoms with van der Waals surface area (Å²) in [5, 5.41) is 14.6. The van der Waals surface area contributed by atoms with Crippen LogP contribution in [0.5, 0.6) is 5.75 Å². The molecule has 3 rings (SSSR count). The van der Waals surface area contributed by atoms with Crippen molar-refractivity contribution in [2.75, 3.05) is 36.5 Å². The lowest BCUT2D eigenvalue weighted by Gasteiger charge is -2.29. The van der Waals surface area contributed by atoms with Crippen molar-refractivity contribution >= 4 is 17.1 Å². The summed E-state index contributed by atoms with van der Waals surface area (Å²) in [7, 11) is 0. The van der Waals surface area contributed by atoms with Crippen LogP contribution in [0.15, 0.2) is 42.5 Å². The van der Waals surface area contributed by atoms with Gasteiger partial charge in [0.15, 0.2) is 0 Å². The molecule has 0 radical (unpaired) electrons. The van der Waals surface area contributed by atoms with E-state index in [2.05, 4.69) is 43.1 Å². The third kappa shape index (κ3) is 5.62. The van der Waals surface area contributed by atoms with Crippen LogP contribution in [0.2, 0.25) is 0 Å². The summed E-state index contributed by atoms with van der Waals surface area (Å²) in [5.74, 6) is 0.802. The summed E-state index contributed by atoms with van der Waals surface area (Å²) in [4.78, 5) is 13.4. The van der Waals surface area contributed by atoms with Gasteiger partial charge in [-0.25, -0.2) is 0 Å². The van der Waals surface area contributed by atoms with E-state index in [0.29, 0.717) is 18.8 Å². The molecule has 0 saturated carbocycles. The number of nitro benzene ring substituents is 1. The SMILES string of the molecule is CC(C)(C)c1ccc(OCCNc2cc(N3CCCCC3)ccc2[N+](=O)[O-])cc1.